The highest BCUT2D eigenvalue weighted by Crippen LogP contribution is 2.20. The summed E-state index contributed by atoms with van der Waals surface area (Å²) in [5.74, 6) is -3.97. The van der Waals surface area contributed by atoms with Crippen molar-refractivity contribution >= 4 is 5.91 Å². The molecule has 0 saturated heterocycles. The molecule has 0 spiro atoms. The minimum absolute atomic E-state index is 0.633. The Morgan fingerprint density at radius 3 is 2.56 bits per heavy atom. The summed E-state index contributed by atoms with van der Waals surface area (Å²) in [6.07, 6.45) is -4.77. The summed E-state index contributed by atoms with van der Waals surface area (Å²) >= 11 is 0. The van der Waals surface area contributed by atoms with Crippen molar-refractivity contribution in [3.05, 3.63) is 29.6 Å². The van der Waals surface area contributed by atoms with Crippen molar-refractivity contribution in [1.29, 1.82) is 0 Å². The standard InChI is InChI=1S/C10H9F5N2O/c1-17(5-3-10(13,14)15)9(18)6-2-4-16-8(12)7(6)11/h2,4H,3,5H2,1H3. The van der Waals surface area contributed by atoms with Crippen molar-refractivity contribution in [3.63, 3.8) is 0 Å². The molecule has 0 bridgehead atoms. The minimum atomic E-state index is -4.42. The molecule has 1 amide bonds. The third kappa shape index (κ3) is 3.64. The van der Waals surface area contributed by atoms with Crippen LogP contribution in [0.3, 0.4) is 0 Å². The van der Waals surface area contributed by atoms with Crippen LogP contribution < -0.4 is 0 Å². The first-order chi connectivity index (χ1) is 8.22. The molecule has 0 atom stereocenters. The van der Waals surface area contributed by atoms with Crippen molar-refractivity contribution < 1.29 is 26.7 Å². The predicted molar refractivity (Wildman–Crippen MR) is 51.8 cm³/mol. The molecule has 1 heterocycles. The molecule has 18 heavy (non-hydrogen) atoms. The van der Waals surface area contributed by atoms with Crippen molar-refractivity contribution in [2.75, 3.05) is 13.6 Å². The summed E-state index contributed by atoms with van der Waals surface area (Å²) in [5.41, 5.74) is -0.646. The normalized spacial score (nSPS) is 11.4. The minimum Gasteiger partial charge on any atom is -0.341 e. The van der Waals surface area contributed by atoms with Gasteiger partial charge in [-0.3, -0.25) is 4.79 Å². The topological polar surface area (TPSA) is 33.2 Å². The number of hydrogen-bond acceptors (Lipinski definition) is 2. The van der Waals surface area contributed by atoms with E-state index in [1.165, 1.54) is 0 Å². The van der Waals surface area contributed by atoms with Crippen molar-refractivity contribution in [1.82, 2.24) is 9.88 Å². The van der Waals surface area contributed by atoms with E-state index in [0.717, 1.165) is 19.3 Å². The lowest BCUT2D eigenvalue weighted by molar-refractivity contribution is -0.136. The highest BCUT2D eigenvalue weighted by molar-refractivity contribution is 5.94. The van der Waals surface area contributed by atoms with Crippen LogP contribution >= 0.6 is 0 Å². The number of hydrogen-bond donors (Lipinski definition) is 0. The molecular formula is C10H9F5N2O. The summed E-state index contributed by atoms with van der Waals surface area (Å²) in [6.45, 7) is -0.633. The van der Waals surface area contributed by atoms with Crippen molar-refractivity contribution in [3.8, 4) is 0 Å². The van der Waals surface area contributed by atoms with Gasteiger partial charge in [-0.2, -0.15) is 17.6 Å². The van der Waals surface area contributed by atoms with E-state index in [1.807, 2.05) is 0 Å². The quantitative estimate of drug-likeness (QED) is 0.623. The van der Waals surface area contributed by atoms with Gasteiger partial charge >= 0.3 is 6.18 Å². The van der Waals surface area contributed by atoms with Crippen LogP contribution in [0.2, 0.25) is 0 Å². The zero-order chi connectivity index (χ0) is 13.9. The number of aromatic nitrogens is 1. The molecule has 0 N–H and O–H groups in total. The summed E-state index contributed by atoms with van der Waals surface area (Å²) in [4.78, 5) is 15.2. The van der Waals surface area contributed by atoms with Crippen LogP contribution in [-0.4, -0.2) is 35.6 Å². The lowest BCUT2D eigenvalue weighted by Crippen LogP contribution is -2.31. The van der Waals surface area contributed by atoms with E-state index < -0.39 is 42.4 Å². The molecule has 0 aromatic carbocycles. The number of nitrogens with zero attached hydrogens (tertiary/aromatic N) is 2. The first-order valence-corrected chi connectivity index (χ1v) is 4.84. The van der Waals surface area contributed by atoms with Gasteiger partial charge in [0.05, 0.1) is 12.0 Å². The van der Waals surface area contributed by atoms with E-state index in [4.69, 9.17) is 0 Å². The fraction of sp³-hybridized carbons (Fsp3) is 0.400. The van der Waals surface area contributed by atoms with E-state index in [1.54, 1.807) is 0 Å². The van der Waals surface area contributed by atoms with Crippen molar-refractivity contribution in [2.24, 2.45) is 0 Å². The molecule has 0 radical (unpaired) electrons. The maximum Gasteiger partial charge on any atom is 0.390 e. The van der Waals surface area contributed by atoms with Crippen LogP contribution in [0.4, 0.5) is 22.0 Å². The zero-order valence-corrected chi connectivity index (χ0v) is 9.26. The maximum absolute atomic E-state index is 13.2. The summed E-state index contributed by atoms with van der Waals surface area (Å²) in [5, 5.41) is 0. The molecule has 0 aliphatic heterocycles. The molecule has 8 heteroatoms. The second-order valence-electron chi connectivity index (χ2n) is 3.56. The monoisotopic (exact) mass is 268 g/mol. The Balaban J connectivity index is 2.78. The molecule has 0 fully saturated rings. The SMILES string of the molecule is CN(CCC(F)(F)F)C(=O)c1ccnc(F)c1F. The smallest absolute Gasteiger partial charge is 0.341 e. The molecule has 0 saturated carbocycles. The van der Waals surface area contributed by atoms with Crippen LogP contribution in [0.5, 0.6) is 0 Å². The van der Waals surface area contributed by atoms with E-state index in [2.05, 4.69) is 4.98 Å². The molecule has 100 valence electrons. The third-order valence-corrected chi connectivity index (χ3v) is 2.15. The van der Waals surface area contributed by atoms with Crippen LogP contribution in [0, 0.1) is 11.8 Å². The number of rotatable bonds is 3. The summed E-state index contributed by atoms with van der Waals surface area (Å²) in [7, 11) is 1.08. The Hall–Kier alpha value is -1.73. The number of halogens is 5. The van der Waals surface area contributed by atoms with Crippen LogP contribution in [0.1, 0.15) is 16.8 Å². The average molecular weight is 268 g/mol. The molecule has 3 nitrogen and oxygen atoms in total. The second-order valence-corrected chi connectivity index (χ2v) is 3.56. The van der Waals surface area contributed by atoms with E-state index in [9.17, 15) is 26.7 Å². The maximum atomic E-state index is 13.2. The highest BCUT2D eigenvalue weighted by atomic mass is 19.4. The van der Waals surface area contributed by atoms with Gasteiger partial charge in [0.2, 0.25) is 5.95 Å². The van der Waals surface area contributed by atoms with Gasteiger partial charge in [0.25, 0.3) is 5.91 Å². The first-order valence-electron chi connectivity index (χ1n) is 4.84. The Bertz CT molecular complexity index is 446. The zero-order valence-electron chi connectivity index (χ0n) is 9.26. The van der Waals surface area contributed by atoms with Gasteiger partial charge in [0.1, 0.15) is 0 Å². The van der Waals surface area contributed by atoms with Gasteiger partial charge in [-0.15, -0.1) is 0 Å². The van der Waals surface area contributed by atoms with Gasteiger partial charge in [-0.25, -0.2) is 9.37 Å². The van der Waals surface area contributed by atoms with Crippen LogP contribution in [0.15, 0.2) is 12.3 Å². The largest absolute Gasteiger partial charge is 0.390 e. The van der Waals surface area contributed by atoms with Gasteiger partial charge in [0, 0.05) is 19.8 Å². The number of pyridine rings is 1. The van der Waals surface area contributed by atoms with Gasteiger partial charge in [0.15, 0.2) is 5.82 Å². The van der Waals surface area contributed by atoms with E-state index >= 15 is 0 Å². The first kappa shape index (κ1) is 14.3. The molecule has 1 aromatic rings. The van der Waals surface area contributed by atoms with Gasteiger partial charge < -0.3 is 4.90 Å². The molecule has 0 aliphatic carbocycles. The van der Waals surface area contributed by atoms with Gasteiger partial charge in [-0.05, 0) is 6.07 Å². The Morgan fingerprint density at radius 1 is 1.39 bits per heavy atom. The fourth-order valence-corrected chi connectivity index (χ4v) is 1.19. The van der Waals surface area contributed by atoms with Gasteiger partial charge in [-0.1, -0.05) is 0 Å². The van der Waals surface area contributed by atoms with Crippen molar-refractivity contribution in [2.45, 2.75) is 12.6 Å². The number of amides is 1. The average Bonchev–Trinajstić information content (AvgIpc) is 2.28. The van der Waals surface area contributed by atoms with Crippen LogP contribution in [-0.2, 0) is 0 Å². The summed E-state index contributed by atoms with van der Waals surface area (Å²) < 4.78 is 61.8. The molecule has 0 unspecified atom stereocenters. The third-order valence-electron chi connectivity index (χ3n) is 2.15. The number of carbonyl (C=O) groups is 1. The number of carbonyl (C=O) groups excluding carboxylic acids is 1. The lowest BCUT2D eigenvalue weighted by atomic mass is 10.2. The fourth-order valence-electron chi connectivity index (χ4n) is 1.19. The van der Waals surface area contributed by atoms with Crippen LogP contribution in [0.25, 0.3) is 0 Å². The Morgan fingerprint density at radius 2 is 2.00 bits per heavy atom. The molecular weight excluding hydrogens is 259 g/mol. The Kier molecular flexibility index (Phi) is 4.20. The summed E-state index contributed by atoms with van der Waals surface area (Å²) in [6, 6.07) is 0.908. The highest BCUT2D eigenvalue weighted by Gasteiger charge is 2.29. The predicted octanol–water partition coefficient (Wildman–Crippen LogP) is 2.38. The second kappa shape index (κ2) is 5.28. The number of alkyl halides is 3. The lowest BCUT2D eigenvalue weighted by Gasteiger charge is -2.18. The Labute approximate surface area is 99.2 Å². The molecule has 1 rings (SSSR count). The molecule has 0 aliphatic rings. The van der Waals surface area contributed by atoms with E-state index in [0.29, 0.717) is 4.90 Å². The molecule has 1 aromatic heterocycles. The van der Waals surface area contributed by atoms with E-state index in [-0.39, 0.29) is 0 Å².